The molecule has 112 valence electrons. The van der Waals surface area contributed by atoms with Gasteiger partial charge in [0.25, 0.3) is 0 Å². The van der Waals surface area contributed by atoms with Gasteiger partial charge in [0.15, 0.2) is 5.78 Å². The third-order valence-corrected chi connectivity index (χ3v) is 3.67. The van der Waals surface area contributed by atoms with Gasteiger partial charge in [-0.15, -0.1) is 0 Å². The number of carbonyl (C=O) groups excluding carboxylic acids is 2. The predicted molar refractivity (Wildman–Crippen MR) is 90.0 cm³/mol. The Labute approximate surface area is 135 Å². The Morgan fingerprint density at radius 1 is 1.05 bits per heavy atom. The van der Waals surface area contributed by atoms with Crippen molar-refractivity contribution < 1.29 is 9.59 Å². The first-order chi connectivity index (χ1) is 10.6. The van der Waals surface area contributed by atoms with Crippen LogP contribution in [0.2, 0.25) is 5.02 Å². The molecule has 3 heteroatoms. The van der Waals surface area contributed by atoms with E-state index in [0.29, 0.717) is 17.0 Å². The third kappa shape index (κ3) is 4.40. The van der Waals surface area contributed by atoms with E-state index in [2.05, 4.69) is 0 Å². The lowest BCUT2D eigenvalue weighted by atomic mass is 9.91. The maximum Gasteiger partial charge on any atom is 0.173 e. The molecule has 2 aromatic rings. The molecule has 0 saturated heterocycles. The molecule has 0 spiro atoms. The minimum atomic E-state index is -0.633. The largest absolute Gasteiger partial charge is 0.299 e. The lowest BCUT2D eigenvalue weighted by Crippen LogP contribution is -2.21. The smallest absolute Gasteiger partial charge is 0.173 e. The summed E-state index contributed by atoms with van der Waals surface area (Å²) in [5, 5.41) is 0.679. The van der Waals surface area contributed by atoms with Crippen molar-refractivity contribution in [2.24, 2.45) is 5.92 Å². The van der Waals surface area contributed by atoms with Gasteiger partial charge in [0, 0.05) is 10.6 Å². The number of halogens is 1. The first kappa shape index (κ1) is 16.2. The number of hydrogen-bond acceptors (Lipinski definition) is 2. The Bertz CT molecular complexity index is 672. The second-order valence-corrected chi connectivity index (χ2v) is 5.52. The van der Waals surface area contributed by atoms with Gasteiger partial charge in [0.05, 0.1) is 5.92 Å². The van der Waals surface area contributed by atoms with Gasteiger partial charge in [0.1, 0.15) is 5.78 Å². The number of ketones is 2. The molecule has 1 atom stereocenters. The highest BCUT2D eigenvalue weighted by atomic mass is 35.5. The number of Topliss-reactive ketones (excluding diaryl/α,β-unsaturated/α-hetero) is 2. The molecule has 0 N–H and O–H groups in total. The van der Waals surface area contributed by atoms with E-state index < -0.39 is 5.92 Å². The third-order valence-electron chi connectivity index (χ3n) is 3.42. The van der Waals surface area contributed by atoms with Crippen LogP contribution in [0.25, 0.3) is 6.08 Å². The van der Waals surface area contributed by atoms with Crippen molar-refractivity contribution in [3.8, 4) is 0 Å². The summed E-state index contributed by atoms with van der Waals surface area (Å²) >= 11 is 5.83. The zero-order valence-electron chi connectivity index (χ0n) is 12.3. The number of rotatable bonds is 6. The van der Waals surface area contributed by atoms with E-state index in [0.717, 1.165) is 5.56 Å². The minimum Gasteiger partial charge on any atom is -0.299 e. The summed E-state index contributed by atoms with van der Waals surface area (Å²) in [4.78, 5) is 24.2. The molecule has 22 heavy (non-hydrogen) atoms. The average molecular weight is 313 g/mol. The van der Waals surface area contributed by atoms with Crippen LogP contribution in [0.3, 0.4) is 0 Å². The molecule has 0 saturated carbocycles. The van der Waals surface area contributed by atoms with Crippen LogP contribution in [0.5, 0.6) is 0 Å². The number of carbonyl (C=O) groups is 2. The topological polar surface area (TPSA) is 34.1 Å². The van der Waals surface area contributed by atoms with Crippen molar-refractivity contribution in [2.75, 3.05) is 0 Å². The van der Waals surface area contributed by atoms with Gasteiger partial charge in [-0.05, 0) is 31.0 Å². The van der Waals surface area contributed by atoms with Crippen LogP contribution < -0.4 is 0 Å². The molecule has 1 unspecified atom stereocenters. The fourth-order valence-electron chi connectivity index (χ4n) is 2.18. The zero-order chi connectivity index (χ0) is 15.9. The summed E-state index contributed by atoms with van der Waals surface area (Å²) in [7, 11) is 0. The Balaban J connectivity index is 2.08. The van der Waals surface area contributed by atoms with Crippen LogP contribution in [0.4, 0.5) is 0 Å². The molecule has 0 heterocycles. The molecule has 0 aliphatic rings. The SMILES string of the molecule is CC(=O)C(C/C=C/c1ccc(Cl)cc1)C(=O)c1ccccc1. The summed E-state index contributed by atoms with van der Waals surface area (Å²) < 4.78 is 0. The van der Waals surface area contributed by atoms with Crippen molar-refractivity contribution in [3.63, 3.8) is 0 Å². The molecule has 0 aromatic heterocycles. The zero-order valence-corrected chi connectivity index (χ0v) is 13.1. The van der Waals surface area contributed by atoms with E-state index in [1.54, 1.807) is 36.4 Å². The van der Waals surface area contributed by atoms with Crippen molar-refractivity contribution in [1.29, 1.82) is 0 Å². The Hall–Kier alpha value is -2.19. The van der Waals surface area contributed by atoms with E-state index in [-0.39, 0.29) is 11.6 Å². The normalized spacial score (nSPS) is 12.3. The van der Waals surface area contributed by atoms with E-state index in [4.69, 9.17) is 11.6 Å². The lowest BCUT2D eigenvalue weighted by Gasteiger charge is -2.10. The van der Waals surface area contributed by atoms with Gasteiger partial charge in [-0.25, -0.2) is 0 Å². The molecule has 0 radical (unpaired) electrons. The first-order valence-corrected chi connectivity index (χ1v) is 7.47. The van der Waals surface area contributed by atoms with E-state index in [1.165, 1.54) is 6.92 Å². The maximum absolute atomic E-state index is 12.4. The second kappa shape index (κ2) is 7.71. The second-order valence-electron chi connectivity index (χ2n) is 5.08. The van der Waals surface area contributed by atoms with Crippen LogP contribution >= 0.6 is 11.6 Å². The summed E-state index contributed by atoms with van der Waals surface area (Å²) in [6, 6.07) is 16.3. The number of allylic oxidation sites excluding steroid dienone is 1. The monoisotopic (exact) mass is 312 g/mol. The standard InChI is InChI=1S/C19H17ClO2/c1-14(21)18(19(22)16-7-3-2-4-8-16)9-5-6-15-10-12-17(20)13-11-15/h2-8,10-13,18H,9H2,1H3/b6-5+. The highest BCUT2D eigenvalue weighted by molar-refractivity contribution is 6.30. The fourth-order valence-corrected chi connectivity index (χ4v) is 2.30. The quantitative estimate of drug-likeness (QED) is 0.565. The fraction of sp³-hybridized carbons (Fsp3) is 0.158. The highest BCUT2D eigenvalue weighted by Gasteiger charge is 2.22. The molecule has 2 rings (SSSR count). The van der Waals surface area contributed by atoms with Crippen LogP contribution in [0.1, 0.15) is 29.3 Å². The van der Waals surface area contributed by atoms with Gasteiger partial charge >= 0.3 is 0 Å². The van der Waals surface area contributed by atoms with Gasteiger partial charge in [-0.2, -0.15) is 0 Å². The van der Waals surface area contributed by atoms with E-state index in [9.17, 15) is 9.59 Å². The maximum atomic E-state index is 12.4. The van der Waals surface area contributed by atoms with Crippen LogP contribution in [0, 0.1) is 5.92 Å². The summed E-state index contributed by atoms with van der Waals surface area (Å²) in [5.41, 5.74) is 1.56. The van der Waals surface area contributed by atoms with Crippen LogP contribution in [-0.4, -0.2) is 11.6 Å². The first-order valence-electron chi connectivity index (χ1n) is 7.10. The summed E-state index contributed by atoms with van der Waals surface area (Å²) in [5.74, 6) is -0.880. The van der Waals surface area contributed by atoms with Crippen LogP contribution in [-0.2, 0) is 4.79 Å². The van der Waals surface area contributed by atoms with Crippen molar-refractivity contribution in [1.82, 2.24) is 0 Å². The molecule has 2 aromatic carbocycles. The highest BCUT2D eigenvalue weighted by Crippen LogP contribution is 2.16. The Morgan fingerprint density at radius 2 is 1.68 bits per heavy atom. The van der Waals surface area contributed by atoms with Gasteiger partial charge in [-0.1, -0.05) is 66.2 Å². The molecule has 2 nitrogen and oxygen atoms in total. The Morgan fingerprint density at radius 3 is 2.27 bits per heavy atom. The predicted octanol–water partition coefficient (Wildman–Crippen LogP) is 4.83. The molecule has 0 aliphatic heterocycles. The van der Waals surface area contributed by atoms with Crippen molar-refractivity contribution >= 4 is 29.2 Å². The average Bonchev–Trinajstić information content (AvgIpc) is 2.53. The molecule has 0 amide bonds. The molecular formula is C19H17ClO2. The number of hydrogen-bond donors (Lipinski definition) is 0. The van der Waals surface area contributed by atoms with Crippen LogP contribution in [0.15, 0.2) is 60.7 Å². The molecule has 0 aliphatic carbocycles. The van der Waals surface area contributed by atoms with Crippen molar-refractivity contribution in [2.45, 2.75) is 13.3 Å². The molecule has 0 bridgehead atoms. The van der Waals surface area contributed by atoms with E-state index >= 15 is 0 Å². The number of benzene rings is 2. The minimum absolute atomic E-state index is 0.116. The van der Waals surface area contributed by atoms with E-state index in [1.807, 2.05) is 30.4 Å². The molecular weight excluding hydrogens is 296 g/mol. The molecule has 0 fully saturated rings. The van der Waals surface area contributed by atoms with Crippen molar-refractivity contribution in [3.05, 3.63) is 76.8 Å². The summed E-state index contributed by atoms with van der Waals surface area (Å²) in [6.07, 6.45) is 4.15. The van der Waals surface area contributed by atoms with Gasteiger partial charge in [-0.3, -0.25) is 9.59 Å². The summed E-state index contributed by atoms with van der Waals surface area (Å²) in [6.45, 7) is 1.46. The Kier molecular flexibility index (Phi) is 5.68. The van der Waals surface area contributed by atoms with Gasteiger partial charge in [0.2, 0.25) is 0 Å². The van der Waals surface area contributed by atoms with Gasteiger partial charge < -0.3 is 0 Å². The lowest BCUT2D eigenvalue weighted by molar-refractivity contribution is -0.119.